The number of hydrogen-bond acceptors (Lipinski definition) is 3. The van der Waals surface area contributed by atoms with Gasteiger partial charge in [-0.15, -0.1) is 0 Å². The molecule has 0 saturated carbocycles. The van der Waals surface area contributed by atoms with Crippen LogP contribution in [0.5, 0.6) is 0 Å². The molecule has 0 aliphatic carbocycles. The third kappa shape index (κ3) is 4.31. The molecule has 1 heterocycles. The number of aryl methyl sites for hydroxylation is 1. The van der Waals surface area contributed by atoms with E-state index in [-0.39, 0.29) is 12.5 Å². The van der Waals surface area contributed by atoms with Crippen LogP contribution < -0.4 is 10.6 Å². The topological polar surface area (TPSA) is 78.5 Å². The first-order chi connectivity index (χ1) is 14.0. The molecule has 0 radical (unpaired) electrons. The highest BCUT2D eigenvalue weighted by molar-refractivity contribution is 6.10. The molecule has 0 bridgehead atoms. The lowest BCUT2D eigenvalue weighted by Gasteiger charge is -2.26. The molecule has 1 fully saturated rings. The molecule has 152 valence electrons. The summed E-state index contributed by atoms with van der Waals surface area (Å²) < 4.78 is 0. The number of anilines is 1. The van der Waals surface area contributed by atoms with Crippen LogP contribution in [0.15, 0.2) is 54.6 Å². The van der Waals surface area contributed by atoms with Crippen LogP contribution in [0, 0.1) is 0 Å². The van der Waals surface area contributed by atoms with Gasteiger partial charge in [0.25, 0.3) is 5.91 Å². The second-order valence-corrected chi connectivity index (χ2v) is 7.34. The van der Waals surface area contributed by atoms with Gasteiger partial charge in [0.05, 0.1) is 0 Å². The summed E-state index contributed by atoms with van der Waals surface area (Å²) in [5.74, 6) is -0.791. The number of nitrogens with one attached hydrogen (secondary N) is 2. The Morgan fingerprint density at radius 1 is 1.00 bits per heavy atom. The Bertz CT molecular complexity index is 880. The number of hydrogen-bond donors (Lipinski definition) is 2. The van der Waals surface area contributed by atoms with E-state index < -0.39 is 17.5 Å². The Morgan fingerprint density at radius 3 is 2.31 bits per heavy atom. The molecule has 0 aromatic heterocycles. The van der Waals surface area contributed by atoms with Crippen LogP contribution in [0.25, 0.3) is 0 Å². The second-order valence-electron chi connectivity index (χ2n) is 7.34. The van der Waals surface area contributed by atoms with Crippen molar-refractivity contribution in [1.29, 1.82) is 0 Å². The highest BCUT2D eigenvalue weighted by atomic mass is 16.2. The van der Waals surface area contributed by atoms with Crippen LogP contribution in [0.4, 0.5) is 10.5 Å². The smallest absolute Gasteiger partial charge is 0.325 e. The Labute approximate surface area is 171 Å². The summed E-state index contributed by atoms with van der Waals surface area (Å²) in [6.45, 7) is 3.75. The predicted octanol–water partition coefficient (Wildman–Crippen LogP) is 3.83. The molecule has 1 unspecified atom stereocenters. The van der Waals surface area contributed by atoms with Crippen LogP contribution in [0.1, 0.15) is 44.2 Å². The van der Waals surface area contributed by atoms with E-state index in [4.69, 9.17) is 0 Å². The largest absolute Gasteiger partial charge is 0.325 e. The molecule has 4 amide bonds. The minimum absolute atomic E-state index is 0.320. The Hall–Kier alpha value is -3.15. The van der Waals surface area contributed by atoms with Gasteiger partial charge in [0.2, 0.25) is 5.91 Å². The van der Waals surface area contributed by atoms with E-state index in [1.54, 1.807) is 0 Å². The lowest BCUT2D eigenvalue weighted by molar-refractivity contribution is -0.134. The molecule has 1 saturated heterocycles. The molecule has 3 rings (SSSR count). The maximum atomic E-state index is 13.2. The zero-order valence-electron chi connectivity index (χ0n) is 16.9. The van der Waals surface area contributed by atoms with E-state index in [1.165, 1.54) is 5.56 Å². The molecule has 0 spiro atoms. The van der Waals surface area contributed by atoms with Crippen molar-refractivity contribution in [3.63, 3.8) is 0 Å². The fourth-order valence-corrected chi connectivity index (χ4v) is 3.76. The van der Waals surface area contributed by atoms with Crippen molar-refractivity contribution in [3.05, 3.63) is 65.7 Å². The quantitative estimate of drug-likeness (QED) is 0.669. The van der Waals surface area contributed by atoms with E-state index in [0.717, 1.165) is 23.3 Å². The summed E-state index contributed by atoms with van der Waals surface area (Å²) in [5, 5.41) is 5.60. The third-order valence-corrected chi connectivity index (χ3v) is 5.15. The number of urea groups is 1. The Balaban J connectivity index is 1.73. The molecule has 2 aromatic rings. The molecular formula is C23H27N3O3. The van der Waals surface area contributed by atoms with Gasteiger partial charge >= 0.3 is 6.03 Å². The molecule has 29 heavy (non-hydrogen) atoms. The number of imide groups is 1. The van der Waals surface area contributed by atoms with Gasteiger partial charge in [0.1, 0.15) is 12.1 Å². The summed E-state index contributed by atoms with van der Waals surface area (Å²) in [6, 6.07) is 16.3. The summed E-state index contributed by atoms with van der Waals surface area (Å²) in [7, 11) is 0. The first kappa shape index (κ1) is 20.6. The molecule has 6 heteroatoms. The van der Waals surface area contributed by atoms with E-state index in [1.807, 2.05) is 61.5 Å². The summed E-state index contributed by atoms with van der Waals surface area (Å²) >= 11 is 0. The molecular weight excluding hydrogens is 366 g/mol. The maximum Gasteiger partial charge on any atom is 0.325 e. The van der Waals surface area contributed by atoms with Gasteiger partial charge < -0.3 is 10.6 Å². The molecule has 6 nitrogen and oxygen atoms in total. The average Bonchev–Trinajstić information content (AvgIpc) is 2.96. The fourth-order valence-electron chi connectivity index (χ4n) is 3.76. The summed E-state index contributed by atoms with van der Waals surface area (Å²) in [5.41, 5.74) is 1.46. The first-order valence-corrected chi connectivity index (χ1v) is 10.1. The third-order valence-electron chi connectivity index (χ3n) is 5.15. The van der Waals surface area contributed by atoms with Crippen molar-refractivity contribution < 1.29 is 14.4 Å². The van der Waals surface area contributed by atoms with Crippen molar-refractivity contribution in [1.82, 2.24) is 10.2 Å². The van der Waals surface area contributed by atoms with Crippen LogP contribution in [-0.4, -0.2) is 29.3 Å². The van der Waals surface area contributed by atoms with E-state index >= 15 is 0 Å². The number of amides is 4. The fraction of sp³-hybridized carbons (Fsp3) is 0.348. The van der Waals surface area contributed by atoms with Gasteiger partial charge in [0, 0.05) is 5.69 Å². The monoisotopic (exact) mass is 393 g/mol. The normalized spacial score (nSPS) is 18.6. The number of carbonyl (C=O) groups is 3. The second kappa shape index (κ2) is 8.90. The highest BCUT2D eigenvalue weighted by Gasteiger charge is 2.52. The van der Waals surface area contributed by atoms with E-state index in [0.29, 0.717) is 18.5 Å². The number of carbonyl (C=O) groups excluding carboxylic acids is 3. The van der Waals surface area contributed by atoms with Gasteiger partial charge in [-0.25, -0.2) is 4.79 Å². The summed E-state index contributed by atoms with van der Waals surface area (Å²) in [6.07, 6.45) is 3.22. The molecule has 2 N–H and O–H groups in total. The van der Waals surface area contributed by atoms with Crippen molar-refractivity contribution in [2.45, 2.75) is 45.1 Å². The van der Waals surface area contributed by atoms with Crippen LogP contribution >= 0.6 is 0 Å². The average molecular weight is 393 g/mol. The van der Waals surface area contributed by atoms with Gasteiger partial charge in [0.15, 0.2) is 0 Å². The lowest BCUT2D eigenvalue weighted by atomic mass is 9.85. The standard InChI is InChI=1S/C23H27N3O3/c1-3-8-17-11-13-19(14-12-17)24-20(27)16-26-21(28)23(15-4-2,25-22(26)29)18-9-6-5-7-10-18/h5-7,9-14H,3-4,8,15-16H2,1-2H3,(H,24,27)(H,25,29). The SMILES string of the molecule is CCCc1ccc(NC(=O)CN2C(=O)NC(CCC)(c3ccccc3)C2=O)cc1. The minimum atomic E-state index is -1.12. The van der Waals surface area contributed by atoms with Crippen LogP contribution in [0.2, 0.25) is 0 Å². The zero-order valence-corrected chi connectivity index (χ0v) is 16.9. The minimum Gasteiger partial charge on any atom is -0.325 e. The zero-order chi connectivity index (χ0) is 20.9. The van der Waals surface area contributed by atoms with Crippen molar-refractivity contribution in [2.24, 2.45) is 0 Å². The van der Waals surface area contributed by atoms with Crippen molar-refractivity contribution in [2.75, 3.05) is 11.9 Å². The van der Waals surface area contributed by atoms with Crippen LogP contribution in [-0.2, 0) is 21.5 Å². The van der Waals surface area contributed by atoms with E-state index in [9.17, 15) is 14.4 Å². The van der Waals surface area contributed by atoms with Gasteiger partial charge in [-0.3, -0.25) is 14.5 Å². The van der Waals surface area contributed by atoms with Crippen molar-refractivity contribution >= 4 is 23.5 Å². The number of benzene rings is 2. The molecule has 2 aromatic carbocycles. The summed E-state index contributed by atoms with van der Waals surface area (Å²) in [4.78, 5) is 39.3. The maximum absolute atomic E-state index is 13.2. The molecule has 1 atom stereocenters. The molecule has 1 aliphatic rings. The first-order valence-electron chi connectivity index (χ1n) is 10.1. The highest BCUT2D eigenvalue weighted by Crippen LogP contribution is 2.33. The van der Waals surface area contributed by atoms with Gasteiger partial charge in [-0.2, -0.15) is 0 Å². The molecule has 1 aliphatic heterocycles. The van der Waals surface area contributed by atoms with Crippen LogP contribution in [0.3, 0.4) is 0 Å². The predicted molar refractivity (Wildman–Crippen MR) is 112 cm³/mol. The van der Waals surface area contributed by atoms with Gasteiger partial charge in [-0.05, 0) is 36.1 Å². The lowest BCUT2D eigenvalue weighted by Crippen LogP contribution is -2.44. The Morgan fingerprint density at radius 2 is 1.69 bits per heavy atom. The van der Waals surface area contributed by atoms with Crippen molar-refractivity contribution in [3.8, 4) is 0 Å². The number of nitrogens with zero attached hydrogens (tertiary/aromatic N) is 1. The number of rotatable bonds is 8. The van der Waals surface area contributed by atoms with Gasteiger partial charge in [-0.1, -0.05) is 69.2 Å². The Kier molecular flexibility index (Phi) is 6.32. The van der Waals surface area contributed by atoms with E-state index in [2.05, 4.69) is 17.6 Å².